The van der Waals surface area contributed by atoms with Crippen LogP contribution in [0.3, 0.4) is 0 Å². The van der Waals surface area contributed by atoms with E-state index in [0.29, 0.717) is 16.8 Å². The van der Waals surface area contributed by atoms with Gasteiger partial charge in [-0.3, -0.25) is 9.69 Å². The highest BCUT2D eigenvalue weighted by Crippen LogP contribution is 2.32. The zero-order valence-corrected chi connectivity index (χ0v) is 9.86. The lowest BCUT2D eigenvalue weighted by atomic mass is 10.1. The van der Waals surface area contributed by atoms with Gasteiger partial charge in [0.25, 0.3) is 5.91 Å². The SMILES string of the molecule is Nc1ccc2c(c1)C(=O)N(c1c(F)cccc1F)C2. The van der Waals surface area contributed by atoms with Gasteiger partial charge >= 0.3 is 0 Å². The molecule has 0 saturated carbocycles. The van der Waals surface area contributed by atoms with Gasteiger partial charge in [0, 0.05) is 11.3 Å². The van der Waals surface area contributed by atoms with Crippen molar-refractivity contribution in [2.75, 3.05) is 10.6 Å². The van der Waals surface area contributed by atoms with E-state index < -0.39 is 17.5 Å². The van der Waals surface area contributed by atoms with Gasteiger partial charge in [-0.2, -0.15) is 0 Å². The molecular formula is C14H10F2N2O. The highest BCUT2D eigenvalue weighted by molar-refractivity contribution is 6.10. The number of nitrogens with zero attached hydrogens (tertiary/aromatic N) is 1. The minimum Gasteiger partial charge on any atom is -0.399 e. The molecule has 0 saturated heterocycles. The van der Waals surface area contributed by atoms with Crippen LogP contribution >= 0.6 is 0 Å². The molecule has 0 fully saturated rings. The van der Waals surface area contributed by atoms with Crippen molar-refractivity contribution < 1.29 is 13.6 Å². The molecule has 0 unspecified atom stereocenters. The largest absolute Gasteiger partial charge is 0.399 e. The van der Waals surface area contributed by atoms with E-state index in [2.05, 4.69) is 0 Å². The first kappa shape index (κ1) is 11.6. The number of hydrogen-bond donors (Lipinski definition) is 1. The summed E-state index contributed by atoms with van der Waals surface area (Å²) in [6.45, 7) is 0.145. The van der Waals surface area contributed by atoms with Crippen molar-refractivity contribution in [2.24, 2.45) is 0 Å². The molecule has 1 heterocycles. The predicted molar refractivity (Wildman–Crippen MR) is 67.7 cm³/mol. The summed E-state index contributed by atoms with van der Waals surface area (Å²) in [5, 5.41) is 0. The third kappa shape index (κ3) is 1.74. The van der Waals surface area contributed by atoms with Crippen LogP contribution in [0.2, 0.25) is 0 Å². The zero-order valence-electron chi connectivity index (χ0n) is 9.86. The van der Waals surface area contributed by atoms with Gasteiger partial charge in [-0.25, -0.2) is 8.78 Å². The van der Waals surface area contributed by atoms with Crippen molar-refractivity contribution in [3.05, 3.63) is 59.2 Å². The Morgan fingerprint density at radius 1 is 1.11 bits per heavy atom. The molecule has 2 aromatic carbocycles. The molecule has 5 heteroatoms. The lowest BCUT2D eigenvalue weighted by molar-refractivity contribution is 0.0995. The number of carbonyl (C=O) groups is 1. The fourth-order valence-electron chi connectivity index (χ4n) is 2.25. The molecule has 3 rings (SSSR count). The Bertz CT molecular complexity index is 665. The van der Waals surface area contributed by atoms with Gasteiger partial charge in [-0.1, -0.05) is 12.1 Å². The second kappa shape index (κ2) is 4.05. The molecule has 0 aromatic heterocycles. The van der Waals surface area contributed by atoms with Crippen molar-refractivity contribution in [3.63, 3.8) is 0 Å². The maximum Gasteiger partial charge on any atom is 0.259 e. The summed E-state index contributed by atoms with van der Waals surface area (Å²) in [5.74, 6) is -1.95. The molecule has 2 N–H and O–H groups in total. The van der Waals surface area contributed by atoms with Crippen molar-refractivity contribution in [2.45, 2.75) is 6.54 Å². The average Bonchev–Trinajstić information content (AvgIpc) is 2.67. The fraction of sp³-hybridized carbons (Fsp3) is 0.0714. The number of benzene rings is 2. The van der Waals surface area contributed by atoms with Gasteiger partial charge in [-0.05, 0) is 29.8 Å². The second-order valence-corrected chi connectivity index (χ2v) is 4.38. The first-order chi connectivity index (χ1) is 9.08. The summed E-state index contributed by atoms with van der Waals surface area (Å²) in [6, 6.07) is 8.40. The third-order valence-electron chi connectivity index (χ3n) is 3.15. The van der Waals surface area contributed by atoms with E-state index in [1.807, 2.05) is 0 Å². The van der Waals surface area contributed by atoms with Crippen LogP contribution in [-0.4, -0.2) is 5.91 Å². The molecule has 0 bridgehead atoms. The quantitative estimate of drug-likeness (QED) is 0.801. The number of carbonyl (C=O) groups excluding carboxylic acids is 1. The molecule has 1 aliphatic rings. The third-order valence-corrected chi connectivity index (χ3v) is 3.15. The maximum atomic E-state index is 13.7. The number of hydrogen-bond acceptors (Lipinski definition) is 2. The average molecular weight is 260 g/mol. The molecule has 3 nitrogen and oxygen atoms in total. The summed E-state index contributed by atoms with van der Waals surface area (Å²) in [6.07, 6.45) is 0. The van der Waals surface area contributed by atoms with Crippen LogP contribution < -0.4 is 10.6 Å². The fourth-order valence-corrected chi connectivity index (χ4v) is 2.25. The van der Waals surface area contributed by atoms with Crippen LogP contribution in [0, 0.1) is 11.6 Å². The molecule has 2 aromatic rings. The number of fused-ring (bicyclic) bond motifs is 1. The van der Waals surface area contributed by atoms with Crippen molar-refractivity contribution in [1.29, 1.82) is 0 Å². The van der Waals surface area contributed by atoms with Crippen LogP contribution in [0.15, 0.2) is 36.4 Å². The molecule has 0 radical (unpaired) electrons. The molecule has 1 aliphatic heterocycles. The minimum atomic E-state index is -0.755. The van der Waals surface area contributed by atoms with Crippen LogP contribution in [-0.2, 0) is 6.54 Å². The van der Waals surface area contributed by atoms with E-state index in [9.17, 15) is 13.6 Å². The zero-order chi connectivity index (χ0) is 13.6. The molecule has 1 amide bonds. The molecule has 0 aliphatic carbocycles. The predicted octanol–water partition coefficient (Wildman–Crippen LogP) is 2.71. The van der Waals surface area contributed by atoms with E-state index in [4.69, 9.17) is 5.73 Å². The van der Waals surface area contributed by atoms with Gasteiger partial charge in [0.1, 0.15) is 17.3 Å². The Kier molecular flexibility index (Phi) is 2.48. The van der Waals surface area contributed by atoms with E-state index in [-0.39, 0.29) is 12.2 Å². The Labute approximate surface area is 108 Å². The van der Waals surface area contributed by atoms with Gasteiger partial charge in [-0.15, -0.1) is 0 Å². The van der Waals surface area contributed by atoms with Crippen molar-refractivity contribution >= 4 is 17.3 Å². The van der Waals surface area contributed by atoms with Crippen molar-refractivity contribution in [3.8, 4) is 0 Å². The minimum absolute atomic E-state index is 0.145. The number of halogens is 2. The first-order valence-electron chi connectivity index (χ1n) is 5.72. The van der Waals surface area contributed by atoms with Crippen LogP contribution in [0.1, 0.15) is 15.9 Å². The second-order valence-electron chi connectivity index (χ2n) is 4.38. The van der Waals surface area contributed by atoms with Gasteiger partial charge in [0.15, 0.2) is 0 Å². The lowest BCUT2D eigenvalue weighted by Gasteiger charge is -2.17. The normalized spacial score (nSPS) is 13.8. The number of amides is 1. The number of anilines is 2. The van der Waals surface area contributed by atoms with E-state index >= 15 is 0 Å². The molecular weight excluding hydrogens is 250 g/mol. The monoisotopic (exact) mass is 260 g/mol. The topological polar surface area (TPSA) is 46.3 Å². The van der Waals surface area contributed by atoms with Crippen LogP contribution in [0.25, 0.3) is 0 Å². The molecule has 0 spiro atoms. The van der Waals surface area contributed by atoms with Gasteiger partial charge in [0.2, 0.25) is 0 Å². The van der Waals surface area contributed by atoms with E-state index in [1.165, 1.54) is 12.1 Å². The number of nitrogen functional groups attached to an aromatic ring is 1. The summed E-state index contributed by atoms with van der Waals surface area (Å²) >= 11 is 0. The van der Waals surface area contributed by atoms with Crippen molar-refractivity contribution in [1.82, 2.24) is 0 Å². The lowest BCUT2D eigenvalue weighted by Crippen LogP contribution is -2.25. The number of rotatable bonds is 1. The number of para-hydroxylation sites is 1. The Hall–Kier alpha value is -2.43. The summed E-state index contributed by atoms with van der Waals surface area (Å²) in [5.41, 5.74) is 6.85. The van der Waals surface area contributed by atoms with Crippen LogP contribution in [0.4, 0.5) is 20.2 Å². The standard InChI is InChI=1S/C14H10F2N2O/c15-11-2-1-3-12(16)13(11)18-7-8-4-5-9(17)6-10(8)14(18)19/h1-6H,7,17H2. The molecule has 96 valence electrons. The Morgan fingerprint density at radius 3 is 2.47 bits per heavy atom. The van der Waals surface area contributed by atoms with Gasteiger partial charge < -0.3 is 5.73 Å². The van der Waals surface area contributed by atoms with Gasteiger partial charge in [0.05, 0.1) is 6.54 Å². The molecule has 0 atom stereocenters. The first-order valence-corrected chi connectivity index (χ1v) is 5.72. The van der Waals surface area contributed by atoms with E-state index in [0.717, 1.165) is 17.0 Å². The molecule has 19 heavy (non-hydrogen) atoms. The highest BCUT2D eigenvalue weighted by Gasteiger charge is 2.31. The van der Waals surface area contributed by atoms with Crippen LogP contribution in [0.5, 0.6) is 0 Å². The van der Waals surface area contributed by atoms with E-state index in [1.54, 1.807) is 12.1 Å². The smallest absolute Gasteiger partial charge is 0.259 e. The maximum absolute atomic E-state index is 13.7. The summed E-state index contributed by atoms with van der Waals surface area (Å²) in [7, 11) is 0. The Morgan fingerprint density at radius 2 is 1.79 bits per heavy atom. The highest BCUT2D eigenvalue weighted by atomic mass is 19.1. The summed E-state index contributed by atoms with van der Waals surface area (Å²) < 4.78 is 27.4. The number of nitrogens with two attached hydrogens (primary N) is 1. The summed E-state index contributed by atoms with van der Waals surface area (Å²) in [4.78, 5) is 13.3. The Balaban J connectivity index is 2.09.